The fraction of sp³-hybridized carbons (Fsp3) is 0.250. The van der Waals surface area contributed by atoms with Crippen LogP contribution < -0.4 is 10.4 Å². The number of pyridine rings is 1. The van der Waals surface area contributed by atoms with Crippen LogP contribution in [0.4, 0.5) is 0 Å². The number of aromatic nitrogens is 1. The van der Waals surface area contributed by atoms with Gasteiger partial charge in [0.05, 0.1) is 6.04 Å². The number of hydrogen-bond acceptors (Lipinski definition) is 5. The predicted octanol–water partition coefficient (Wildman–Crippen LogP) is 4.36. The maximum absolute atomic E-state index is 13.2. The molecule has 3 heterocycles. The molecule has 1 aromatic heterocycles. The van der Waals surface area contributed by atoms with E-state index in [4.69, 9.17) is 11.6 Å². The van der Waals surface area contributed by atoms with Crippen molar-refractivity contribution in [3.05, 3.63) is 92.4 Å². The van der Waals surface area contributed by atoms with Crippen molar-refractivity contribution in [2.75, 3.05) is 11.7 Å². The number of carbonyl (C=O) groups excluding carboxylic acids is 1. The van der Waals surface area contributed by atoms with E-state index in [0.717, 1.165) is 21.8 Å². The van der Waals surface area contributed by atoms with Gasteiger partial charge in [-0.1, -0.05) is 41.9 Å². The number of aromatic hydroxyl groups is 1. The number of nitrogens with zero attached hydrogens (tertiary/aromatic N) is 3. The Morgan fingerprint density at radius 1 is 1.09 bits per heavy atom. The number of halogens is 1. The lowest BCUT2D eigenvalue weighted by atomic mass is 9.94. The van der Waals surface area contributed by atoms with Gasteiger partial charge in [0.15, 0.2) is 11.4 Å². The lowest BCUT2D eigenvalue weighted by molar-refractivity contribution is 0.0621. The minimum absolute atomic E-state index is 0.0117. The third-order valence-electron chi connectivity index (χ3n) is 6.02. The third kappa shape index (κ3) is 3.27. The van der Waals surface area contributed by atoms with E-state index in [1.165, 1.54) is 11.6 Å². The number of thioether (sulfide) groups is 1. The van der Waals surface area contributed by atoms with E-state index in [1.54, 1.807) is 27.5 Å². The summed E-state index contributed by atoms with van der Waals surface area (Å²) in [4.78, 5) is 28.2. The van der Waals surface area contributed by atoms with E-state index in [-0.39, 0.29) is 23.7 Å². The molecule has 0 radical (unpaired) electrons. The zero-order valence-electron chi connectivity index (χ0n) is 17.7. The van der Waals surface area contributed by atoms with Gasteiger partial charge in [-0.3, -0.25) is 19.3 Å². The molecular formula is C24H22ClN3O3S. The van der Waals surface area contributed by atoms with E-state index >= 15 is 0 Å². The standard InChI is InChI=1S/C24H22ClN3O3S/c1-14(2)26-13-28(27-10-9-19(29)23(30)22(27)24(26)31)21-17-6-4-3-5-15(17)12-32-20-11-16(25)7-8-18(20)21/h3-11,14,21,30H,12-13H2,1-2H3. The highest BCUT2D eigenvalue weighted by Crippen LogP contribution is 2.43. The van der Waals surface area contributed by atoms with Crippen LogP contribution in [0.15, 0.2) is 64.4 Å². The molecule has 32 heavy (non-hydrogen) atoms. The molecule has 1 atom stereocenters. The van der Waals surface area contributed by atoms with Gasteiger partial charge in [-0.05, 0) is 42.7 Å². The quantitative estimate of drug-likeness (QED) is 0.606. The second-order valence-corrected chi connectivity index (χ2v) is 9.70. The minimum Gasteiger partial charge on any atom is -0.502 e. The van der Waals surface area contributed by atoms with Crippen molar-refractivity contribution in [3.8, 4) is 5.75 Å². The fourth-order valence-corrected chi connectivity index (χ4v) is 5.76. The van der Waals surface area contributed by atoms with Gasteiger partial charge < -0.3 is 10.0 Å². The lowest BCUT2D eigenvalue weighted by Gasteiger charge is -2.45. The Bertz CT molecular complexity index is 1290. The van der Waals surface area contributed by atoms with Crippen LogP contribution in [0.5, 0.6) is 5.75 Å². The lowest BCUT2D eigenvalue weighted by Crippen LogP contribution is -2.57. The summed E-state index contributed by atoms with van der Waals surface area (Å²) in [5, 5.41) is 13.3. The summed E-state index contributed by atoms with van der Waals surface area (Å²) in [6.45, 7) is 4.15. The van der Waals surface area contributed by atoms with Crippen molar-refractivity contribution in [2.45, 2.75) is 36.6 Å². The van der Waals surface area contributed by atoms with E-state index in [9.17, 15) is 14.7 Å². The SMILES string of the molecule is CC(C)N1CN(C2c3ccccc3CSc3cc(Cl)ccc32)n2ccc(=O)c(O)c2C1=O. The van der Waals surface area contributed by atoms with Gasteiger partial charge in [0.1, 0.15) is 6.67 Å². The highest BCUT2D eigenvalue weighted by molar-refractivity contribution is 7.98. The molecule has 0 aliphatic carbocycles. The van der Waals surface area contributed by atoms with Gasteiger partial charge >= 0.3 is 0 Å². The Balaban J connectivity index is 1.79. The molecule has 0 bridgehead atoms. The zero-order chi connectivity index (χ0) is 22.6. The summed E-state index contributed by atoms with van der Waals surface area (Å²) < 4.78 is 1.63. The fourth-order valence-electron chi connectivity index (χ4n) is 4.39. The zero-order valence-corrected chi connectivity index (χ0v) is 19.2. The van der Waals surface area contributed by atoms with Crippen molar-refractivity contribution in [1.82, 2.24) is 9.58 Å². The van der Waals surface area contributed by atoms with Crippen molar-refractivity contribution in [3.63, 3.8) is 0 Å². The van der Waals surface area contributed by atoms with E-state index in [1.807, 2.05) is 49.2 Å². The van der Waals surface area contributed by atoms with Gasteiger partial charge in [-0.15, -0.1) is 11.8 Å². The maximum atomic E-state index is 13.2. The molecule has 2 aromatic carbocycles. The van der Waals surface area contributed by atoms with Crippen LogP contribution in [0.3, 0.4) is 0 Å². The van der Waals surface area contributed by atoms with Gasteiger partial charge in [0, 0.05) is 34.0 Å². The van der Waals surface area contributed by atoms with Crippen LogP contribution >= 0.6 is 23.4 Å². The Labute approximate surface area is 195 Å². The summed E-state index contributed by atoms with van der Waals surface area (Å²) in [5.41, 5.74) is 2.78. The van der Waals surface area contributed by atoms with Crippen LogP contribution in [0, 0.1) is 0 Å². The van der Waals surface area contributed by atoms with E-state index in [0.29, 0.717) is 11.7 Å². The second kappa shape index (κ2) is 7.90. The highest BCUT2D eigenvalue weighted by Gasteiger charge is 2.39. The molecule has 8 heteroatoms. The molecule has 3 aromatic rings. The average Bonchev–Trinajstić information content (AvgIpc) is 2.93. The van der Waals surface area contributed by atoms with Crippen LogP contribution in [0.2, 0.25) is 5.02 Å². The number of benzene rings is 2. The molecule has 1 N–H and O–H groups in total. The minimum atomic E-state index is -0.570. The molecule has 0 spiro atoms. The Hall–Kier alpha value is -2.90. The average molecular weight is 468 g/mol. The third-order valence-corrected chi connectivity index (χ3v) is 7.37. The number of amides is 1. The summed E-state index contributed by atoms with van der Waals surface area (Å²) >= 11 is 8.05. The van der Waals surface area contributed by atoms with Gasteiger partial charge in [0.2, 0.25) is 5.43 Å². The molecule has 0 saturated carbocycles. The first-order valence-electron chi connectivity index (χ1n) is 10.4. The normalized spacial score (nSPS) is 17.6. The van der Waals surface area contributed by atoms with E-state index in [2.05, 4.69) is 12.1 Å². The number of rotatable bonds is 2. The monoisotopic (exact) mass is 467 g/mol. The molecule has 2 aliphatic rings. The molecular weight excluding hydrogens is 446 g/mol. The molecule has 5 rings (SSSR count). The van der Waals surface area contributed by atoms with Gasteiger partial charge in [-0.2, -0.15) is 0 Å². The molecule has 6 nitrogen and oxygen atoms in total. The number of carbonyl (C=O) groups is 1. The van der Waals surface area contributed by atoms with Crippen LogP contribution in [0.25, 0.3) is 0 Å². The van der Waals surface area contributed by atoms with E-state index < -0.39 is 11.2 Å². The van der Waals surface area contributed by atoms with Crippen molar-refractivity contribution in [2.24, 2.45) is 0 Å². The van der Waals surface area contributed by atoms with Crippen molar-refractivity contribution in [1.29, 1.82) is 0 Å². The summed E-state index contributed by atoms with van der Waals surface area (Å²) in [6, 6.07) is 15.1. The maximum Gasteiger partial charge on any atom is 0.278 e. The first-order chi connectivity index (χ1) is 15.4. The first-order valence-corrected chi connectivity index (χ1v) is 11.8. The van der Waals surface area contributed by atoms with Gasteiger partial charge in [0.25, 0.3) is 5.91 Å². The Morgan fingerprint density at radius 2 is 1.88 bits per heavy atom. The summed E-state index contributed by atoms with van der Waals surface area (Å²) in [7, 11) is 0. The van der Waals surface area contributed by atoms with Crippen LogP contribution in [-0.2, 0) is 5.75 Å². The largest absolute Gasteiger partial charge is 0.502 e. The predicted molar refractivity (Wildman–Crippen MR) is 126 cm³/mol. The van der Waals surface area contributed by atoms with Crippen LogP contribution in [-0.4, -0.2) is 33.3 Å². The number of fused-ring (bicyclic) bond motifs is 3. The van der Waals surface area contributed by atoms with Gasteiger partial charge in [-0.25, -0.2) is 0 Å². The molecule has 1 amide bonds. The Kier molecular flexibility index (Phi) is 5.18. The first kappa shape index (κ1) is 21.0. The molecule has 1 unspecified atom stereocenters. The smallest absolute Gasteiger partial charge is 0.278 e. The van der Waals surface area contributed by atoms with Crippen molar-refractivity contribution < 1.29 is 9.90 Å². The second-order valence-electron chi connectivity index (χ2n) is 8.24. The van der Waals surface area contributed by atoms with Crippen molar-refractivity contribution >= 4 is 29.3 Å². The van der Waals surface area contributed by atoms with Crippen LogP contribution in [0.1, 0.15) is 47.1 Å². The molecule has 0 saturated heterocycles. The topological polar surface area (TPSA) is 65.8 Å². The summed E-state index contributed by atoms with van der Waals surface area (Å²) in [6.07, 6.45) is 1.57. The number of hydrogen-bond donors (Lipinski definition) is 1. The summed E-state index contributed by atoms with van der Waals surface area (Å²) in [5.74, 6) is -0.0947. The Morgan fingerprint density at radius 3 is 2.66 bits per heavy atom. The molecule has 164 valence electrons. The highest BCUT2D eigenvalue weighted by atomic mass is 35.5. The molecule has 2 aliphatic heterocycles. The molecule has 0 fully saturated rings.